The first-order chi connectivity index (χ1) is 9.10. The molecule has 1 aliphatic rings. The number of piperidine rings is 1. The standard InChI is InChI=1S/C16H24N2O/c1-12-9-13(2)11-15(10-12)16(19)18-7-4-14(3-6-17)5-8-18/h9-11,14H,3-8,17H2,1-2H3. The second-order valence-corrected chi connectivity index (χ2v) is 5.69. The molecule has 1 aliphatic heterocycles. The zero-order valence-electron chi connectivity index (χ0n) is 12.0. The van der Waals surface area contributed by atoms with E-state index in [1.807, 2.05) is 30.9 Å². The van der Waals surface area contributed by atoms with Crippen LogP contribution in [-0.2, 0) is 0 Å². The summed E-state index contributed by atoms with van der Waals surface area (Å²) < 4.78 is 0. The summed E-state index contributed by atoms with van der Waals surface area (Å²) in [6.45, 7) is 6.58. The van der Waals surface area contributed by atoms with Crippen LogP contribution in [0.25, 0.3) is 0 Å². The summed E-state index contributed by atoms with van der Waals surface area (Å²) in [6, 6.07) is 6.08. The lowest BCUT2D eigenvalue weighted by Gasteiger charge is -2.32. The Morgan fingerprint density at radius 2 is 1.79 bits per heavy atom. The number of nitrogens with two attached hydrogens (primary N) is 1. The van der Waals surface area contributed by atoms with Gasteiger partial charge in [-0.1, -0.05) is 17.2 Å². The van der Waals surface area contributed by atoms with E-state index in [9.17, 15) is 4.79 Å². The van der Waals surface area contributed by atoms with Gasteiger partial charge in [0.25, 0.3) is 5.91 Å². The van der Waals surface area contributed by atoms with Gasteiger partial charge >= 0.3 is 0 Å². The first-order valence-corrected chi connectivity index (χ1v) is 7.18. The predicted molar refractivity (Wildman–Crippen MR) is 78.2 cm³/mol. The van der Waals surface area contributed by atoms with Crippen molar-refractivity contribution in [3.05, 3.63) is 34.9 Å². The van der Waals surface area contributed by atoms with Gasteiger partial charge in [0.2, 0.25) is 0 Å². The van der Waals surface area contributed by atoms with Crippen LogP contribution in [0.4, 0.5) is 0 Å². The van der Waals surface area contributed by atoms with Crippen molar-refractivity contribution >= 4 is 5.91 Å². The van der Waals surface area contributed by atoms with Crippen molar-refractivity contribution in [2.45, 2.75) is 33.1 Å². The molecule has 0 radical (unpaired) electrons. The topological polar surface area (TPSA) is 46.3 Å². The summed E-state index contributed by atoms with van der Waals surface area (Å²) >= 11 is 0. The Kier molecular flexibility index (Phi) is 4.59. The molecular formula is C16H24N2O. The molecule has 3 heteroatoms. The lowest BCUT2D eigenvalue weighted by molar-refractivity contribution is 0.0687. The minimum Gasteiger partial charge on any atom is -0.339 e. The molecule has 2 N–H and O–H groups in total. The van der Waals surface area contributed by atoms with Crippen molar-refractivity contribution in [1.29, 1.82) is 0 Å². The molecule has 1 aromatic rings. The van der Waals surface area contributed by atoms with E-state index in [2.05, 4.69) is 6.07 Å². The number of carbonyl (C=O) groups excluding carboxylic acids is 1. The van der Waals surface area contributed by atoms with Crippen LogP contribution in [-0.4, -0.2) is 30.4 Å². The maximum absolute atomic E-state index is 12.5. The van der Waals surface area contributed by atoms with Crippen LogP contribution in [0.1, 0.15) is 40.7 Å². The Hall–Kier alpha value is -1.35. The highest BCUT2D eigenvalue weighted by molar-refractivity contribution is 5.94. The maximum atomic E-state index is 12.5. The molecule has 0 spiro atoms. The van der Waals surface area contributed by atoms with Crippen molar-refractivity contribution < 1.29 is 4.79 Å². The Morgan fingerprint density at radius 3 is 2.32 bits per heavy atom. The van der Waals surface area contributed by atoms with E-state index in [-0.39, 0.29) is 5.91 Å². The van der Waals surface area contributed by atoms with Crippen LogP contribution < -0.4 is 5.73 Å². The highest BCUT2D eigenvalue weighted by Gasteiger charge is 2.23. The minimum absolute atomic E-state index is 0.179. The number of amides is 1. The molecule has 104 valence electrons. The van der Waals surface area contributed by atoms with Crippen molar-refractivity contribution in [2.24, 2.45) is 11.7 Å². The third kappa shape index (κ3) is 3.57. The molecule has 1 saturated heterocycles. The minimum atomic E-state index is 0.179. The van der Waals surface area contributed by atoms with Gasteiger partial charge < -0.3 is 10.6 Å². The molecule has 19 heavy (non-hydrogen) atoms. The number of carbonyl (C=O) groups is 1. The van der Waals surface area contributed by atoms with Crippen LogP contribution in [0.15, 0.2) is 18.2 Å². The number of nitrogens with zero attached hydrogens (tertiary/aromatic N) is 1. The van der Waals surface area contributed by atoms with Crippen LogP contribution in [0, 0.1) is 19.8 Å². The first-order valence-electron chi connectivity index (χ1n) is 7.18. The van der Waals surface area contributed by atoms with Gasteiger partial charge in [0.1, 0.15) is 0 Å². The van der Waals surface area contributed by atoms with Gasteiger partial charge in [-0.2, -0.15) is 0 Å². The van der Waals surface area contributed by atoms with Crippen LogP contribution in [0.3, 0.4) is 0 Å². The van der Waals surface area contributed by atoms with E-state index in [0.717, 1.165) is 55.6 Å². The Bertz CT molecular complexity index is 428. The second kappa shape index (κ2) is 6.20. The molecule has 0 unspecified atom stereocenters. The molecule has 1 heterocycles. The number of rotatable bonds is 3. The Balaban J connectivity index is 2.01. The van der Waals surface area contributed by atoms with E-state index in [1.54, 1.807) is 0 Å². The molecule has 1 amide bonds. The average molecular weight is 260 g/mol. The highest BCUT2D eigenvalue weighted by atomic mass is 16.2. The summed E-state index contributed by atoms with van der Waals surface area (Å²) in [5.41, 5.74) is 8.73. The lowest BCUT2D eigenvalue weighted by Crippen LogP contribution is -2.38. The fourth-order valence-corrected chi connectivity index (χ4v) is 2.94. The molecule has 0 bridgehead atoms. The number of likely N-dealkylation sites (tertiary alicyclic amines) is 1. The van der Waals surface area contributed by atoms with Gasteiger partial charge in [-0.05, 0) is 57.7 Å². The Morgan fingerprint density at radius 1 is 1.21 bits per heavy atom. The van der Waals surface area contributed by atoms with E-state index in [1.165, 1.54) is 0 Å². The quantitative estimate of drug-likeness (QED) is 0.907. The van der Waals surface area contributed by atoms with Gasteiger partial charge in [0.15, 0.2) is 0 Å². The molecular weight excluding hydrogens is 236 g/mol. The van der Waals surface area contributed by atoms with E-state index >= 15 is 0 Å². The molecule has 1 fully saturated rings. The van der Waals surface area contributed by atoms with Gasteiger partial charge in [0, 0.05) is 18.7 Å². The van der Waals surface area contributed by atoms with Crippen molar-refractivity contribution in [2.75, 3.05) is 19.6 Å². The summed E-state index contributed by atoms with van der Waals surface area (Å²) in [7, 11) is 0. The van der Waals surface area contributed by atoms with E-state index in [4.69, 9.17) is 5.73 Å². The number of benzene rings is 1. The highest BCUT2D eigenvalue weighted by Crippen LogP contribution is 2.21. The summed E-state index contributed by atoms with van der Waals surface area (Å²) in [5, 5.41) is 0. The first kappa shape index (κ1) is 14.1. The monoisotopic (exact) mass is 260 g/mol. The molecule has 0 aromatic heterocycles. The fraction of sp³-hybridized carbons (Fsp3) is 0.562. The summed E-state index contributed by atoms with van der Waals surface area (Å²) in [4.78, 5) is 14.5. The van der Waals surface area contributed by atoms with Gasteiger partial charge in [-0.25, -0.2) is 0 Å². The third-order valence-electron chi connectivity index (χ3n) is 3.95. The van der Waals surface area contributed by atoms with Crippen molar-refractivity contribution in [3.8, 4) is 0 Å². The normalized spacial score (nSPS) is 16.7. The largest absolute Gasteiger partial charge is 0.339 e. The molecule has 2 rings (SSSR count). The zero-order valence-corrected chi connectivity index (χ0v) is 12.0. The zero-order chi connectivity index (χ0) is 13.8. The number of aryl methyl sites for hydroxylation is 2. The van der Waals surface area contributed by atoms with Gasteiger partial charge in [-0.15, -0.1) is 0 Å². The maximum Gasteiger partial charge on any atom is 0.253 e. The molecule has 0 atom stereocenters. The fourth-order valence-electron chi connectivity index (χ4n) is 2.94. The van der Waals surface area contributed by atoms with Gasteiger partial charge in [-0.3, -0.25) is 4.79 Å². The van der Waals surface area contributed by atoms with Crippen molar-refractivity contribution in [3.63, 3.8) is 0 Å². The molecule has 3 nitrogen and oxygen atoms in total. The van der Waals surface area contributed by atoms with Crippen LogP contribution >= 0.6 is 0 Å². The summed E-state index contributed by atoms with van der Waals surface area (Å²) in [6.07, 6.45) is 3.27. The predicted octanol–water partition coefficient (Wildman–Crippen LogP) is 2.50. The van der Waals surface area contributed by atoms with Crippen LogP contribution in [0.5, 0.6) is 0 Å². The molecule has 0 aliphatic carbocycles. The SMILES string of the molecule is Cc1cc(C)cc(C(=O)N2CCC(CCN)CC2)c1. The average Bonchev–Trinajstić information content (AvgIpc) is 2.38. The smallest absolute Gasteiger partial charge is 0.253 e. The molecule has 0 saturated carbocycles. The third-order valence-corrected chi connectivity index (χ3v) is 3.95. The van der Waals surface area contributed by atoms with E-state index in [0.29, 0.717) is 5.92 Å². The second-order valence-electron chi connectivity index (χ2n) is 5.69. The number of hydrogen-bond acceptors (Lipinski definition) is 2. The lowest BCUT2D eigenvalue weighted by atomic mass is 9.93. The van der Waals surface area contributed by atoms with E-state index < -0.39 is 0 Å². The van der Waals surface area contributed by atoms with Crippen molar-refractivity contribution in [1.82, 2.24) is 4.90 Å². The van der Waals surface area contributed by atoms with Crippen LogP contribution in [0.2, 0.25) is 0 Å². The molecule has 1 aromatic carbocycles. The summed E-state index contributed by atoms with van der Waals surface area (Å²) in [5.74, 6) is 0.881. The van der Waals surface area contributed by atoms with Gasteiger partial charge in [0.05, 0.1) is 0 Å². The number of hydrogen-bond donors (Lipinski definition) is 1. The Labute approximate surface area is 115 Å².